The van der Waals surface area contributed by atoms with Crippen molar-refractivity contribution in [3.8, 4) is 0 Å². The summed E-state index contributed by atoms with van der Waals surface area (Å²) in [5.74, 6) is 0.388. The van der Waals surface area contributed by atoms with E-state index in [2.05, 4.69) is 16.7 Å². The summed E-state index contributed by atoms with van der Waals surface area (Å²) in [5.41, 5.74) is 8.46. The number of rotatable bonds is 3. The zero-order valence-corrected chi connectivity index (χ0v) is 12.4. The molecule has 0 aliphatic heterocycles. The maximum atomic E-state index is 11.2. The van der Waals surface area contributed by atoms with Gasteiger partial charge in [0.2, 0.25) is 0 Å². The van der Waals surface area contributed by atoms with E-state index in [1.807, 2.05) is 19.9 Å². The van der Waals surface area contributed by atoms with E-state index >= 15 is 0 Å². The molecule has 1 aromatic carbocycles. The number of nitro groups is 1. The average molecular weight is 286 g/mol. The summed E-state index contributed by atoms with van der Waals surface area (Å²) in [4.78, 5) is 19.0. The first-order valence-electron chi connectivity index (χ1n) is 6.54. The van der Waals surface area contributed by atoms with Gasteiger partial charge in [-0.1, -0.05) is 26.0 Å². The maximum Gasteiger partial charge on any atom is 0.273 e. The predicted octanol–water partition coefficient (Wildman–Crippen LogP) is 2.58. The van der Waals surface area contributed by atoms with Gasteiger partial charge >= 0.3 is 0 Å². The second kappa shape index (κ2) is 5.12. The van der Waals surface area contributed by atoms with Gasteiger partial charge in [0.05, 0.1) is 10.6 Å². The molecule has 0 spiro atoms. The Morgan fingerprint density at radius 3 is 2.67 bits per heavy atom. The minimum Gasteiger partial charge on any atom is -0.384 e. The van der Waals surface area contributed by atoms with E-state index < -0.39 is 5.41 Å². The molecule has 1 aromatic rings. The first kappa shape index (κ1) is 14.9. The quantitative estimate of drug-likeness (QED) is 0.400. The highest BCUT2D eigenvalue weighted by Crippen LogP contribution is 2.45. The highest BCUT2D eigenvalue weighted by atomic mass is 16.6. The Labute approximate surface area is 123 Å². The number of benzene rings is 1. The molecule has 0 saturated heterocycles. The lowest BCUT2D eigenvalue weighted by atomic mass is 9.71. The van der Waals surface area contributed by atoms with Crippen LogP contribution in [0, 0.1) is 15.5 Å². The number of hydrogen-bond acceptors (Lipinski definition) is 4. The van der Waals surface area contributed by atoms with Crippen LogP contribution >= 0.6 is 0 Å². The lowest BCUT2D eigenvalue weighted by Gasteiger charge is -2.34. The third kappa shape index (κ3) is 2.33. The molecule has 0 radical (unpaired) electrons. The van der Waals surface area contributed by atoms with Gasteiger partial charge in [-0.15, -0.1) is 0 Å². The third-order valence-corrected chi connectivity index (χ3v) is 3.79. The summed E-state index contributed by atoms with van der Waals surface area (Å²) in [6.45, 7) is 7.56. The third-order valence-electron chi connectivity index (χ3n) is 3.79. The Morgan fingerprint density at radius 1 is 1.48 bits per heavy atom. The molecular weight excluding hydrogens is 268 g/mol. The molecule has 0 atom stereocenters. The van der Waals surface area contributed by atoms with Gasteiger partial charge in [0.25, 0.3) is 5.69 Å². The van der Waals surface area contributed by atoms with Crippen molar-refractivity contribution in [2.24, 2.45) is 21.1 Å². The topological polar surface area (TPSA) is 93.9 Å². The van der Waals surface area contributed by atoms with E-state index in [-0.39, 0.29) is 10.6 Å². The van der Waals surface area contributed by atoms with Gasteiger partial charge in [0, 0.05) is 29.8 Å². The molecule has 0 heterocycles. The molecule has 1 aliphatic rings. The van der Waals surface area contributed by atoms with Gasteiger partial charge < -0.3 is 5.73 Å². The standard InChI is InChI=1S/C15H18N4O2/c1-15(2)8-10-9(6-5-7-11(10)19(20)21)13(17-3)12(15)14(16)18-4/h5-7H,3,8H2,1-2,4H3,(H2,16,18). The number of amidine groups is 1. The van der Waals surface area contributed by atoms with Crippen molar-refractivity contribution in [2.75, 3.05) is 7.05 Å². The molecule has 0 unspecified atom stereocenters. The van der Waals surface area contributed by atoms with E-state index in [4.69, 9.17) is 5.73 Å². The minimum atomic E-state index is -0.404. The maximum absolute atomic E-state index is 11.2. The van der Waals surface area contributed by atoms with Crippen molar-refractivity contribution in [1.29, 1.82) is 0 Å². The van der Waals surface area contributed by atoms with E-state index in [1.54, 1.807) is 13.1 Å². The van der Waals surface area contributed by atoms with Gasteiger partial charge in [-0.05, 0) is 18.6 Å². The fourth-order valence-corrected chi connectivity index (χ4v) is 2.88. The van der Waals surface area contributed by atoms with Crippen molar-refractivity contribution in [2.45, 2.75) is 20.3 Å². The molecule has 0 amide bonds. The summed E-state index contributed by atoms with van der Waals surface area (Å²) in [7, 11) is 1.61. The first-order chi connectivity index (χ1) is 9.83. The Bertz CT molecular complexity index is 687. The monoisotopic (exact) mass is 286 g/mol. The van der Waals surface area contributed by atoms with Gasteiger partial charge in [-0.3, -0.25) is 20.1 Å². The molecule has 110 valence electrons. The van der Waals surface area contributed by atoms with Crippen LogP contribution in [0.1, 0.15) is 25.0 Å². The second-order valence-corrected chi connectivity index (χ2v) is 5.61. The lowest BCUT2D eigenvalue weighted by Crippen LogP contribution is -2.33. The molecule has 2 rings (SSSR count). The van der Waals surface area contributed by atoms with Crippen LogP contribution in [0.4, 0.5) is 5.69 Å². The molecule has 2 N–H and O–H groups in total. The lowest BCUT2D eigenvalue weighted by molar-refractivity contribution is -0.385. The van der Waals surface area contributed by atoms with Crippen molar-refractivity contribution >= 4 is 23.9 Å². The normalized spacial score (nSPS) is 17.4. The van der Waals surface area contributed by atoms with Gasteiger partial charge in [0.1, 0.15) is 5.84 Å². The van der Waals surface area contributed by atoms with Crippen molar-refractivity contribution in [3.05, 3.63) is 45.0 Å². The highest BCUT2D eigenvalue weighted by Gasteiger charge is 2.38. The molecule has 1 aliphatic carbocycles. The zero-order chi connectivity index (χ0) is 15.8. The molecule has 6 nitrogen and oxygen atoms in total. The van der Waals surface area contributed by atoms with E-state index in [0.717, 1.165) is 5.57 Å². The first-order valence-corrected chi connectivity index (χ1v) is 6.54. The molecular formula is C15H18N4O2. The Kier molecular flexibility index (Phi) is 3.63. The predicted molar refractivity (Wildman–Crippen MR) is 84.6 cm³/mol. The van der Waals surface area contributed by atoms with E-state index in [0.29, 0.717) is 29.1 Å². The Balaban J connectivity index is 2.85. The fourth-order valence-electron chi connectivity index (χ4n) is 2.88. The average Bonchev–Trinajstić information content (AvgIpc) is 2.43. The van der Waals surface area contributed by atoms with Gasteiger partial charge in [-0.2, -0.15) is 0 Å². The SMILES string of the molecule is C=NC1=C(C(N)=NC)C(C)(C)Cc2c1cccc2[N+](=O)[O-]. The zero-order valence-electron chi connectivity index (χ0n) is 12.4. The van der Waals surface area contributed by atoms with Crippen LogP contribution in [0.25, 0.3) is 5.70 Å². The van der Waals surface area contributed by atoms with E-state index in [1.165, 1.54) is 6.07 Å². The number of nitrogens with two attached hydrogens (primary N) is 1. The number of nitrogens with zero attached hydrogens (tertiary/aromatic N) is 3. The molecule has 0 fully saturated rings. The minimum absolute atomic E-state index is 0.104. The molecule has 0 bridgehead atoms. The summed E-state index contributed by atoms with van der Waals surface area (Å²) < 4.78 is 0. The van der Waals surface area contributed by atoms with Crippen LogP contribution in [0.5, 0.6) is 0 Å². The Hall–Kier alpha value is -2.50. The summed E-state index contributed by atoms with van der Waals surface area (Å²) in [6.07, 6.45) is 0.504. The van der Waals surface area contributed by atoms with Gasteiger partial charge in [0.15, 0.2) is 0 Å². The number of aliphatic imine (C=N–C) groups is 2. The van der Waals surface area contributed by atoms with Crippen LogP contribution < -0.4 is 5.73 Å². The van der Waals surface area contributed by atoms with Crippen LogP contribution in [0.2, 0.25) is 0 Å². The van der Waals surface area contributed by atoms with Crippen LogP contribution in [0.15, 0.2) is 33.8 Å². The van der Waals surface area contributed by atoms with Crippen LogP contribution in [0.3, 0.4) is 0 Å². The van der Waals surface area contributed by atoms with Crippen molar-refractivity contribution < 1.29 is 4.92 Å². The summed E-state index contributed by atoms with van der Waals surface area (Å²) in [6, 6.07) is 4.97. The molecule has 6 heteroatoms. The fraction of sp³-hybridized carbons (Fsp3) is 0.333. The van der Waals surface area contributed by atoms with Gasteiger partial charge in [-0.25, -0.2) is 0 Å². The van der Waals surface area contributed by atoms with Crippen LogP contribution in [-0.2, 0) is 6.42 Å². The number of hydrogen-bond donors (Lipinski definition) is 1. The van der Waals surface area contributed by atoms with Crippen molar-refractivity contribution in [3.63, 3.8) is 0 Å². The highest BCUT2D eigenvalue weighted by molar-refractivity contribution is 6.06. The summed E-state index contributed by atoms with van der Waals surface area (Å²) in [5, 5.41) is 11.2. The van der Waals surface area contributed by atoms with E-state index in [9.17, 15) is 10.1 Å². The Morgan fingerprint density at radius 2 is 2.14 bits per heavy atom. The van der Waals surface area contributed by atoms with Crippen molar-refractivity contribution in [1.82, 2.24) is 0 Å². The smallest absolute Gasteiger partial charge is 0.273 e. The largest absolute Gasteiger partial charge is 0.384 e. The summed E-state index contributed by atoms with van der Waals surface area (Å²) >= 11 is 0. The molecule has 21 heavy (non-hydrogen) atoms. The molecule has 0 saturated carbocycles. The van der Waals surface area contributed by atoms with Crippen LogP contribution in [-0.4, -0.2) is 24.5 Å². The number of nitro benzene ring substituents is 1. The molecule has 0 aromatic heterocycles. The second-order valence-electron chi connectivity index (χ2n) is 5.61. The number of fused-ring (bicyclic) bond motifs is 1.